The Kier molecular flexibility index (Phi) is 2.82. The Morgan fingerprint density at radius 3 is 2.58 bits per heavy atom. The Bertz CT molecular complexity index is 320. The van der Waals surface area contributed by atoms with Crippen molar-refractivity contribution in [3.63, 3.8) is 0 Å². The molecule has 1 heterocycles. The van der Waals surface area contributed by atoms with Crippen LogP contribution in [0.1, 0.15) is 24.3 Å². The summed E-state index contributed by atoms with van der Waals surface area (Å²) in [5.41, 5.74) is 1.98. The monoisotopic (exact) mass is 180 g/mol. The molecule has 2 heteroatoms. The molecule has 0 atom stereocenters. The second kappa shape index (κ2) is 3.68. The summed E-state index contributed by atoms with van der Waals surface area (Å²) in [5, 5.41) is 2.04. The van der Waals surface area contributed by atoms with E-state index in [2.05, 4.69) is 6.92 Å². The van der Waals surface area contributed by atoms with Crippen molar-refractivity contribution < 1.29 is 4.79 Å². The molecule has 0 saturated carbocycles. The Hall–Kier alpha value is -0.890. The highest BCUT2D eigenvalue weighted by Gasteiger charge is 1.99. The first-order chi connectivity index (χ1) is 5.61. The normalized spacial score (nSPS) is 11.8. The molecular formula is C10H12OS. The number of aryl methyl sites for hydroxylation is 1. The minimum absolute atomic E-state index is 0.139. The molecule has 1 nitrogen and oxygen atoms in total. The maximum Gasteiger partial charge on any atom is 0.155 e. The first-order valence-electron chi connectivity index (χ1n) is 3.84. The molecule has 0 saturated heterocycles. The van der Waals surface area contributed by atoms with Gasteiger partial charge in [0, 0.05) is 4.88 Å². The van der Waals surface area contributed by atoms with Crippen LogP contribution in [0.4, 0.5) is 0 Å². The van der Waals surface area contributed by atoms with Crippen LogP contribution in [0.5, 0.6) is 0 Å². The molecule has 0 aliphatic rings. The molecule has 0 fully saturated rings. The van der Waals surface area contributed by atoms with E-state index in [1.807, 2.05) is 24.4 Å². The molecule has 1 aromatic heterocycles. The Morgan fingerprint density at radius 2 is 2.17 bits per heavy atom. The average Bonchev–Trinajstić information content (AvgIpc) is 2.36. The third kappa shape index (κ3) is 2.05. The second-order valence-corrected chi connectivity index (χ2v) is 3.94. The number of thiophene rings is 1. The van der Waals surface area contributed by atoms with Crippen molar-refractivity contribution in [1.82, 2.24) is 0 Å². The summed E-state index contributed by atoms with van der Waals surface area (Å²) < 4.78 is 0. The van der Waals surface area contributed by atoms with E-state index in [0.29, 0.717) is 0 Å². The smallest absolute Gasteiger partial charge is 0.155 e. The molecule has 0 bridgehead atoms. The maximum absolute atomic E-state index is 10.9. The van der Waals surface area contributed by atoms with Gasteiger partial charge in [-0.3, -0.25) is 4.79 Å². The molecule has 0 spiro atoms. The molecule has 0 radical (unpaired) electrons. The fraction of sp³-hybridized carbons (Fsp3) is 0.300. The molecule has 0 N–H and O–H groups in total. The van der Waals surface area contributed by atoms with Crippen molar-refractivity contribution in [2.24, 2.45) is 0 Å². The lowest BCUT2D eigenvalue weighted by molar-refractivity contribution is -0.113. The summed E-state index contributed by atoms with van der Waals surface area (Å²) in [6.45, 7) is 5.50. The van der Waals surface area contributed by atoms with E-state index in [4.69, 9.17) is 0 Å². The zero-order chi connectivity index (χ0) is 9.14. The van der Waals surface area contributed by atoms with Crippen LogP contribution in [-0.4, -0.2) is 5.78 Å². The van der Waals surface area contributed by atoms with Gasteiger partial charge in [-0.25, -0.2) is 0 Å². The van der Waals surface area contributed by atoms with E-state index in [1.54, 1.807) is 18.3 Å². The number of Topliss-reactive ketones (excluding diaryl/α,β-unsaturated/α-hetero) is 1. The van der Waals surface area contributed by atoms with Gasteiger partial charge in [-0.05, 0) is 49.4 Å². The highest BCUT2D eigenvalue weighted by atomic mass is 32.1. The van der Waals surface area contributed by atoms with E-state index in [1.165, 1.54) is 4.88 Å². The van der Waals surface area contributed by atoms with E-state index in [-0.39, 0.29) is 5.78 Å². The number of ketones is 1. The van der Waals surface area contributed by atoms with Crippen molar-refractivity contribution in [3.8, 4) is 0 Å². The molecule has 64 valence electrons. The standard InChI is InChI=1S/C10H12OS/c1-7(8(2)11)6-10-4-5-12-9(10)3/h4-6H,1-3H3/b7-6+. The summed E-state index contributed by atoms with van der Waals surface area (Å²) >= 11 is 1.70. The van der Waals surface area contributed by atoms with Gasteiger partial charge in [0.05, 0.1) is 0 Å². The third-order valence-corrected chi connectivity index (χ3v) is 2.69. The third-order valence-electron chi connectivity index (χ3n) is 1.83. The Labute approximate surface area is 76.7 Å². The van der Waals surface area contributed by atoms with Gasteiger partial charge in [0.25, 0.3) is 0 Å². The van der Waals surface area contributed by atoms with Crippen LogP contribution in [0, 0.1) is 6.92 Å². The predicted octanol–water partition coefficient (Wildman–Crippen LogP) is 3.05. The van der Waals surface area contributed by atoms with Crippen molar-refractivity contribution in [2.75, 3.05) is 0 Å². The number of allylic oxidation sites excluding steroid dienone is 1. The van der Waals surface area contributed by atoms with Crippen LogP contribution in [0.15, 0.2) is 17.0 Å². The van der Waals surface area contributed by atoms with Gasteiger partial charge in [-0.15, -0.1) is 11.3 Å². The van der Waals surface area contributed by atoms with Gasteiger partial charge in [-0.1, -0.05) is 0 Å². The highest BCUT2D eigenvalue weighted by Crippen LogP contribution is 2.18. The van der Waals surface area contributed by atoms with Gasteiger partial charge in [0.1, 0.15) is 0 Å². The van der Waals surface area contributed by atoms with Crippen LogP contribution >= 0.6 is 11.3 Å². The Morgan fingerprint density at radius 1 is 1.50 bits per heavy atom. The predicted molar refractivity (Wildman–Crippen MR) is 53.4 cm³/mol. The highest BCUT2D eigenvalue weighted by molar-refractivity contribution is 7.10. The van der Waals surface area contributed by atoms with Gasteiger partial charge in [0.2, 0.25) is 0 Å². The fourth-order valence-corrected chi connectivity index (χ4v) is 1.56. The van der Waals surface area contributed by atoms with Gasteiger partial charge in [0.15, 0.2) is 5.78 Å². The summed E-state index contributed by atoms with van der Waals surface area (Å²) in [6.07, 6.45) is 1.94. The molecule has 0 aliphatic heterocycles. The minimum Gasteiger partial charge on any atom is -0.295 e. The van der Waals surface area contributed by atoms with Crippen LogP contribution < -0.4 is 0 Å². The second-order valence-electron chi connectivity index (χ2n) is 2.82. The minimum atomic E-state index is 0.139. The molecule has 1 aromatic rings. The topological polar surface area (TPSA) is 17.1 Å². The van der Waals surface area contributed by atoms with Gasteiger partial charge >= 0.3 is 0 Å². The summed E-state index contributed by atoms with van der Waals surface area (Å²) in [7, 11) is 0. The molecule has 0 aliphatic carbocycles. The van der Waals surface area contributed by atoms with Gasteiger partial charge < -0.3 is 0 Å². The first kappa shape index (κ1) is 9.20. The lowest BCUT2D eigenvalue weighted by Crippen LogP contribution is -1.90. The number of carbonyl (C=O) groups is 1. The lowest BCUT2D eigenvalue weighted by Gasteiger charge is -1.93. The molecular weight excluding hydrogens is 168 g/mol. The van der Waals surface area contributed by atoms with Gasteiger partial charge in [-0.2, -0.15) is 0 Å². The quantitative estimate of drug-likeness (QED) is 0.639. The molecule has 0 amide bonds. The zero-order valence-electron chi connectivity index (χ0n) is 7.55. The van der Waals surface area contributed by atoms with E-state index in [9.17, 15) is 4.79 Å². The molecule has 0 aromatic carbocycles. The van der Waals surface area contributed by atoms with E-state index in [0.717, 1.165) is 11.1 Å². The Balaban J connectivity index is 2.95. The van der Waals surface area contributed by atoms with E-state index >= 15 is 0 Å². The fourth-order valence-electron chi connectivity index (χ4n) is 0.879. The van der Waals surface area contributed by atoms with Crippen molar-refractivity contribution >= 4 is 23.2 Å². The number of hydrogen-bond acceptors (Lipinski definition) is 2. The number of rotatable bonds is 2. The largest absolute Gasteiger partial charge is 0.295 e. The van der Waals surface area contributed by atoms with Crippen LogP contribution in [0.3, 0.4) is 0 Å². The zero-order valence-corrected chi connectivity index (χ0v) is 8.37. The maximum atomic E-state index is 10.9. The van der Waals surface area contributed by atoms with Crippen LogP contribution in [0.2, 0.25) is 0 Å². The van der Waals surface area contributed by atoms with Crippen LogP contribution in [-0.2, 0) is 4.79 Å². The average molecular weight is 180 g/mol. The SMILES string of the molecule is CC(=O)/C(C)=C/c1ccsc1C. The van der Waals surface area contributed by atoms with Crippen molar-refractivity contribution in [3.05, 3.63) is 27.5 Å². The molecule has 0 unspecified atom stereocenters. The molecule has 1 rings (SSSR count). The van der Waals surface area contributed by atoms with Crippen molar-refractivity contribution in [1.29, 1.82) is 0 Å². The summed E-state index contributed by atoms with van der Waals surface area (Å²) in [5.74, 6) is 0.139. The van der Waals surface area contributed by atoms with Crippen molar-refractivity contribution in [2.45, 2.75) is 20.8 Å². The number of hydrogen-bond donors (Lipinski definition) is 0. The molecule has 12 heavy (non-hydrogen) atoms. The lowest BCUT2D eigenvalue weighted by atomic mass is 10.1. The summed E-state index contributed by atoms with van der Waals surface area (Å²) in [4.78, 5) is 12.2. The van der Waals surface area contributed by atoms with Crippen LogP contribution in [0.25, 0.3) is 6.08 Å². The summed E-state index contributed by atoms with van der Waals surface area (Å²) in [6, 6.07) is 2.03. The number of carbonyl (C=O) groups excluding carboxylic acids is 1. The first-order valence-corrected chi connectivity index (χ1v) is 4.72. The van der Waals surface area contributed by atoms with E-state index < -0.39 is 0 Å².